The molecule has 0 amide bonds. The highest BCUT2D eigenvalue weighted by atomic mass is 16.5. The highest BCUT2D eigenvalue weighted by Crippen LogP contribution is 2.25. The van der Waals surface area contributed by atoms with Crippen LogP contribution < -0.4 is 4.74 Å². The predicted molar refractivity (Wildman–Crippen MR) is 80.9 cm³/mol. The lowest BCUT2D eigenvalue weighted by Gasteiger charge is -2.04. The number of pyridine rings is 1. The number of rotatable bonds is 4. The smallest absolute Gasteiger partial charge is 0.138 e. The monoisotopic (exact) mass is 266 g/mol. The third-order valence-corrected chi connectivity index (χ3v) is 3.55. The first kappa shape index (κ1) is 12.7. The first-order valence-corrected chi connectivity index (χ1v) is 6.89. The lowest BCUT2D eigenvalue weighted by Crippen LogP contribution is -1.95. The van der Waals surface area contributed by atoms with Crippen molar-refractivity contribution in [3.8, 4) is 5.75 Å². The quantitative estimate of drug-likeness (QED) is 0.715. The molecule has 0 aliphatic rings. The van der Waals surface area contributed by atoms with E-state index in [-0.39, 0.29) is 0 Å². The van der Waals surface area contributed by atoms with Gasteiger partial charge in [0.15, 0.2) is 0 Å². The number of benzene rings is 1. The van der Waals surface area contributed by atoms with Crippen LogP contribution >= 0.6 is 0 Å². The van der Waals surface area contributed by atoms with Gasteiger partial charge in [-0.3, -0.25) is 4.98 Å². The SMILES string of the molecule is CCn1cc(COc2cccnc2)c2cccc(C)c21. The maximum absolute atomic E-state index is 5.82. The van der Waals surface area contributed by atoms with Crippen LogP contribution in [-0.2, 0) is 13.2 Å². The van der Waals surface area contributed by atoms with Gasteiger partial charge in [-0.25, -0.2) is 0 Å². The van der Waals surface area contributed by atoms with Crippen molar-refractivity contribution >= 4 is 10.9 Å². The van der Waals surface area contributed by atoms with Crippen LogP contribution in [0.5, 0.6) is 5.75 Å². The van der Waals surface area contributed by atoms with Crippen molar-refractivity contribution in [3.05, 3.63) is 60.0 Å². The van der Waals surface area contributed by atoms with Gasteiger partial charge in [0.25, 0.3) is 0 Å². The Bertz CT molecular complexity index is 716. The van der Waals surface area contributed by atoms with Gasteiger partial charge in [0.2, 0.25) is 0 Å². The van der Waals surface area contributed by atoms with E-state index in [0.717, 1.165) is 12.3 Å². The Morgan fingerprint density at radius 2 is 2.10 bits per heavy atom. The highest BCUT2D eigenvalue weighted by molar-refractivity contribution is 5.86. The Balaban J connectivity index is 1.94. The van der Waals surface area contributed by atoms with Crippen molar-refractivity contribution in [2.24, 2.45) is 0 Å². The average molecular weight is 266 g/mol. The van der Waals surface area contributed by atoms with E-state index in [1.54, 1.807) is 12.4 Å². The number of nitrogens with zero attached hydrogens (tertiary/aromatic N) is 2. The van der Waals surface area contributed by atoms with E-state index in [2.05, 4.69) is 47.8 Å². The highest BCUT2D eigenvalue weighted by Gasteiger charge is 2.10. The molecule has 20 heavy (non-hydrogen) atoms. The summed E-state index contributed by atoms with van der Waals surface area (Å²) in [6.45, 7) is 5.85. The molecule has 2 aromatic heterocycles. The summed E-state index contributed by atoms with van der Waals surface area (Å²) in [5.74, 6) is 0.803. The summed E-state index contributed by atoms with van der Waals surface area (Å²) in [5, 5.41) is 1.27. The molecule has 3 aromatic rings. The van der Waals surface area contributed by atoms with Crippen LogP contribution in [0.4, 0.5) is 0 Å². The number of aromatic nitrogens is 2. The third kappa shape index (κ3) is 2.27. The molecular formula is C17H18N2O. The van der Waals surface area contributed by atoms with E-state index in [1.165, 1.54) is 22.0 Å². The van der Waals surface area contributed by atoms with Crippen LogP contribution in [0, 0.1) is 6.92 Å². The first-order valence-electron chi connectivity index (χ1n) is 6.89. The van der Waals surface area contributed by atoms with Gasteiger partial charge in [0.05, 0.1) is 11.7 Å². The standard InChI is InChI=1S/C17H18N2O/c1-3-19-11-14(12-20-15-7-5-9-18-10-15)16-8-4-6-13(2)17(16)19/h4-11H,3,12H2,1-2H3. The number of ether oxygens (including phenoxy) is 1. The maximum Gasteiger partial charge on any atom is 0.138 e. The van der Waals surface area contributed by atoms with E-state index in [1.807, 2.05) is 12.1 Å². The molecule has 0 aliphatic heterocycles. The molecule has 0 spiro atoms. The van der Waals surface area contributed by atoms with Crippen LogP contribution in [0.1, 0.15) is 18.1 Å². The van der Waals surface area contributed by atoms with Crippen molar-refractivity contribution in [1.29, 1.82) is 0 Å². The summed E-state index contributed by atoms with van der Waals surface area (Å²) in [6.07, 6.45) is 5.68. The maximum atomic E-state index is 5.82. The number of aryl methyl sites for hydroxylation is 2. The first-order chi connectivity index (χ1) is 9.79. The van der Waals surface area contributed by atoms with Crippen molar-refractivity contribution in [1.82, 2.24) is 9.55 Å². The fourth-order valence-electron chi connectivity index (χ4n) is 2.58. The normalized spacial score (nSPS) is 10.9. The van der Waals surface area contributed by atoms with Gasteiger partial charge in [-0.05, 0) is 31.5 Å². The molecular weight excluding hydrogens is 248 g/mol. The number of hydrogen-bond donors (Lipinski definition) is 0. The molecule has 0 bridgehead atoms. The van der Waals surface area contributed by atoms with Gasteiger partial charge in [0, 0.05) is 29.9 Å². The summed E-state index contributed by atoms with van der Waals surface area (Å²) >= 11 is 0. The van der Waals surface area contributed by atoms with E-state index < -0.39 is 0 Å². The average Bonchev–Trinajstić information content (AvgIpc) is 2.86. The zero-order valence-electron chi connectivity index (χ0n) is 11.8. The Morgan fingerprint density at radius 3 is 2.85 bits per heavy atom. The molecule has 0 radical (unpaired) electrons. The lowest BCUT2D eigenvalue weighted by atomic mass is 10.1. The van der Waals surface area contributed by atoms with Gasteiger partial charge in [-0.1, -0.05) is 18.2 Å². The van der Waals surface area contributed by atoms with Crippen LogP contribution in [-0.4, -0.2) is 9.55 Å². The van der Waals surface area contributed by atoms with Gasteiger partial charge >= 0.3 is 0 Å². The Kier molecular flexibility index (Phi) is 3.42. The predicted octanol–water partition coefficient (Wildman–Crippen LogP) is 3.94. The molecule has 102 valence electrons. The molecule has 0 saturated heterocycles. The van der Waals surface area contributed by atoms with E-state index in [9.17, 15) is 0 Å². The summed E-state index contributed by atoms with van der Waals surface area (Å²) in [6, 6.07) is 10.2. The molecule has 0 saturated carbocycles. The second kappa shape index (κ2) is 5.37. The molecule has 1 aromatic carbocycles. The van der Waals surface area contributed by atoms with Gasteiger partial charge in [-0.2, -0.15) is 0 Å². The van der Waals surface area contributed by atoms with Crippen molar-refractivity contribution < 1.29 is 4.74 Å². The molecule has 3 rings (SSSR count). The summed E-state index contributed by atoms with van der Waals surface area (Å²) < 4.78 is 8.11. The molecule has 3 nitrogen and oxygen atoms in total. The summed E-state index contributed by atoms with van der Waals surface area (Å²) in [4.78, 5) is 4.06. The summed E-state index contributed by atoms with van der Waals surface area (Å²) in [7, 11) is 0. The topological polar surface area (TPSA) is 27.1 Å². The Labute approximate surface area is 118 Å². The molecule has 3 heteroatoms. The third-order valence-electron chi connectivity index (χ3n) is 3.55. The Morgan fingerprint density at radius 1 is 1.20 bits per heavy atom. The van der Waals surface area contributed by atoms with Gasteiger partial charge in [0.1, 0.15) is 12.4 Å². The van der Waals surface area contributed by atoms with Gasteiger partial charge < -0.3 is 9.30 Å². The zero-order valence-corrected chi connectivity index (χ0v) is 11.8. The number of fused-ring (bicyclic) bond motifs is 1. The van der Waals surface area contributed by atoms with E-state index >= 15 is 0 Å². The second-order valence-corrected chi connectivity index (χ2v) is 4.89. The molecule has 0 fully saturated rings. The molecule has 0 atom stereocenters. The van der Waals surface area contributed by atoms with Crippen molar-refractivity contribution in [2.45, 2.75) is 27.0 Å². The number of hydrogen-bond acceptors (Lipinski definition) is 2. The minimum absolute atomic E-state index is 0.568. The Hall–Kier alpha value is -2.29. The molecule has 0 N–H and O–H groups in total. The zero-order chi connectivity index (χ0) is 13.9. The fraction of sp³-hybridized carbons (Fsp3) is 0.235. The lowest BCUT2D eigenvalue weighted by molar-refractivity contribution is 0.306. The van der Waals surface area contributed by atoms with Gasteiger partial charge in [-0.15, -0.1) is 0 Å². The van der Waals surface area contributed by atoms with E-state index in [0.29, 0.717) is 6.61 Å². The van der Waals surface area contributed by atoms with Crippen molar-refractivity contribution in [3.63, 3.8) is 0 Å². The summed E-state index contributed by atoms with van der Waals surface area (Å²) in [5.41, 5.74) is 3.83. The molecule has 0 aliphatic carbocycles. The van der Waals surface area contributed by atoms with Crippen LogP contribution in [0.3, 0.4) is 0 Å². The van der Waals surface area contributed by atoms with Crippen LogP contribution in [0.2, 0.25) is 0 Å². The minimum atomic E-state index is 0.568. The second-order valence-electron chi connectivity index (χ2n) is 4.89. The molecule has 2 heterocycles. The number of para-hydroxylation sites is 1. The molecule has 0 unspecified atom stereocenters. The van der Waals surface area contributed by atoms with E-state index in [4.69, 9.17) is 4.74 Å². The van der Waals surface area contributed by atoms with Crippen LogP contribution in [0.25, 0.3) is 10.9 Å². The fourth-order valence-corrected chi connectivity index (χ4v) is 2.58. The largest absolute Gasteiger partial charge is 0.487 e. The van der Waals surface area contributed by atoms with Crippen LogP contribution in [0.15, 0.2) is 48.9 Å². The van der Waals surface area contributed by atoms with Crippen molar-refractivity contribution in [2.75, 3.05) is 0 Å². The minimum Gasteiger partial charge on any atom is -0.487 e.